The molecule has 4 rings (SSSR count). The van der Waals surface area contributed by atoms with Crippen LogP contribution in [0.4, 0.5) is 5.69 Å². The molecule has 0 aliphatic carbocycles. The van der Waals surface area contributed by atoms with Crippen LogP contribution in [0.5, 0.6) is 0 Å². The normalized spacial score (nSPS) is 11.8. The van der Waals surface area contributed by atoms with Gasteiger partial charge in [0.15, 0.2) is 5.82 Å². The molecule has 1 atom stereocenters. The maximum Gasteiger partial charge on any atom is 0.260 e. The van der Waals surface area contributed by atoms with Gasteiger partial charge in [-0.25, -0.2) is 0 Å². The first-order valence-corrected chi connectivity index (χ1v) is 11.6. The summed E-state index contributed by atoms with van der Waals surface area (Å²) in [5.41, 5.74) is 3.51. The Balaban J connectivity index is 1.57. The lowest BCUT2D eigenvalue weighted by Gasteiger charge is -2.20. The van der Waals surface area contributed by atoms with Crippen LogP contribution in [-0.4, -0.2) is 22.0 Å². The molecule has 7 nitrogen and oxygen atoms in total. The zero-order valence-electron chi connectivity index (χ0n) is 20.0. The molecule has 35 heavy (non-hydrogen) atoms. The first-order valence-electron chi connectivity index (χ1n) is 11.6. The summed E-state index contributed by atoms with van der Waals surface area (Å²) < 4.78 is 5.47. The maximum atomic E-state index is 13.2. The molecule has 178 valence electrons. The highest BCUT2D eigenvalue weighted by atomic mass is 16.5. The molecule has 0 aliphatic rings. The van der Waals surface area contributed by atoms with Crippen molar-refractivity contribution in [2.45, 2.75) is 39.2 Å². The third-order valence-corrected chi connectivity index (χ3v) is 5.66. The number of carbonyl (C=O) groups excluding carboxylic acids is 2. The fourth-order valence-corrected chi connectivity index (χ4v) is 3.74. The van der Waals surface area contributed by atoms with Gasteiger partial charge in [-0.2, -0.15) is 4.98 Å². The Kier molecular flexibility index (Phi) is 7.35. The van der Waals surface area contributed by atoms with Gasteiger partial charge in [0.1, 0.15) is 0 Å². The molecule has 0 saturated carbocycles. The van der Waals surface area contributed by atoms with Crippen molar-refractivity contribution in [1.29, 1.82) is 0 Å². The number of anilines is 1. The first-order chi connectivity index (χ1) is 16.9. The van der Waals surface area contributed by atoms with Gasteiger partial charge in [0, 0.05) is 11.5 Å². The van der Waals surface area contributed by atoms with Gasteiger partial charge in [-0.3, -0.25) is 9.59 Å². The SMILES string of the molecule is Cc1cccc(-c2nc(C(C)C)no2)c1NC(=O)CC(NC(=O)c1ccccc1)c1ccccc1. The molecule has 0 bridgehead atoms. The molecule has 3 aromatic carbocycles. The molecule has 7 heteroatoms. The van der Waals surface area contributed by atoms with Gasteiger partial charge in [0.25, 0.3) is 11.8 Å². The van der Waals surface area contributed by atoms with Gasteiger partial charge in [-0.15, -0.1) is 0 Å². The molecule has 1 unspecified atom stereocenters. The van der Waals surface area contributed by atoms with E-state index in [2.05, 4.69) is 20.8 Å². The van der Waals surface area contributed by atoms with E-state index >= 15 is 0 Å². The summed E-state index contributed by atoms with van der Waals surface area (Å²) in [6, 6.07) is 23.5. The smallest absolute Gasteiger partial charge is 0.260 e. The molecule has 0 fully saturated rings. The van der Waals surface area contributed by atoms with Gasteiger partial charge < -0.3 is 15.2 Å². The lowest BCUT2D eigenvalue weighted by molar-refractivity contribution is -0.116. The van der Waals surface area contributed by atoms with E-state index in [0.717, 1.165) is 11.1 Å². The van der Waals surface area contributed by atoms with Gasteiger partial charge >= 0.3 is 0 Å². The summed E-state index contributed by atoms with van der Waals surface area (Å²) in [7, 11) is 0. The summed E-state index contributed by atoms with van der Waals surface area (Å²) in [6.07, 6.45) is 0.0530. The van der Waals surface area contributed by atoms with E-state index in [9.17, 15) is 9.59 Å². The van der Waals surface area contributed by atoms with Crippen molar-refractivity contribution in [1.82, 2.24) is 15.5 Å². The Labute approximate surface area is 204 Å². The van der Waals surface area contributed by atoms with Gasteiger partial charge in [0.05, 0.1) is 23.7 Å². The van der Waals surface area contributed by atoms with Crippen molar-refractivity contribution in [3.8, 4) is 11.5 Å². The van der Waals surface area contributed by atoms with E-state index in [-0.39, 0.29) is 24.2 Å². The van der Waals surface area contributed by atoms with Crippen LogP contribution in [0.25, 0.3) is 11.5 Å². The van der Waals surface area contributed by atoms with Crippen LogP contribution < -0.4 is 10.6 Å². The molecule has 0 aliphatic heterocycles. The number of hydrogen-bond acceptors (Lipinski definition) is 5. The number of benzene rings is 3. The molecule has 4 aromatic rings. The third kappa shape index (κ3) is 5.81. The highest BCUT2D eigenvalue weighted by Crippen LogP contribution is 2.31. The van der Waals surface area contributed by atoms with Gasteiger partial charge in [-0.05, 0) is 36.2 Å². The number of nitrogens with zero attached hydrogens (tertiary/aromatic N) is 2. The second-order valence-corrected chi connectivity index (χ2v) is 8.66. The van der Waals surface area contributed by atoms with E-state index in [1.807, 2.05) is 75.4 Å². The van der Waals surface area contributed by atoms with Crippen molar-refractivity contribution in [2.75, 3.05) is 5.32 Å². The number of amides is 2. The molecule has 0 spiro atoms. The zero-order chi connectivity index (χ0) is 24.8. The summed E-state index contributed by atoms with van der Waals surface area (Å²) >= 11 is 0. The van der Waals surface area contributed by atoms with Crippen LogP contribution in [0.3, 0.4) is 0 Å². The van der Waals surface area contributed by atoms with E-state index in [1.165, 1.54) is 0 Å². The van der Waals surface area contributed by atoms with Crippen molar-refractivity contribution >= 4 is 17.5 Å². The number of aryl methyl sites for hydroxylation is 1. The van der Waals surface area contributed by atoms with Gasteiger partial charge in [-0.1, -0.05) is 79.7 Å². The largest absolute Gasteiger partial charge is 0.345 e. The summed E-state index contributed by atoms with van der Waals surface area (Å²) in [5.74, 6) is 0.591. The second-order valence-electron chi connectivity index (χ2n) is 8.66. The van der Waals surface area contributed by atoms with Crippen LogP contribution in [0.1, 0.15) is 59.5 Å². The molecule has 0 radical (unpaired) electrons. The maximum absolute atomic E-state index is 13.2. The highest BCUT2D eigenvalue weighted by Gasteiger charge is 2.22. The number of para-hydroxylation sites is 1. The number of carbonyl (C=O) groups is 2. The Morgan fingerprint density at radius 1 is 0.914 bits per heavy atom. The van der Waals surface area contributed by atoms with Crippen molar-refractivity contribution < 1.29 is 14.1 Å². The van der Waals surface area contributed by atoms with E-state index in [0.29, 0.717) is 28.5 Å². The van der Waals surface area contributed by atoms with Crippen LogP contribution in [0.15, 0.2) is 83.4 Å². The minimum absolute atomic E-state index is 0.0530. The Hall–Kier alpha value is -4.26. The summed E-state index contributed by atoms with van der Waals surface area (Å²) in [4.78, 5) is 30.6. The average molecular weight is 469 g/mol. The summed E-state index contributed by atoms with van der Waals surface area (Å²) in [5, 5.41) is 10.1. The van der Waals surface area contributed by atoms with E-state index in [1.54, 1.807) is 24.3 Å². The topological polar surface area (TPSA) is 97.1 Å². The number of rotatable bonds is 8. The lowest BCUT2D eigenvalue weighted by atomic mass is 10.0. The molecular weight excluding hydrogens is 440 g/mol. The van der Waals surface area contributed by atoms with Crippen LogP contribution in [0, 0.1) is 6.92 Å². The quantitative estimate of drug-likeness (QED) is 0.347. The zero-order valence-corrected chi connectivity index (χ0v) is 20.0. The predicted octanol–water partition coefficient (Wildman–Crippen LogP) is 5.67. The monoisotopic (exact) mass is 468 g/mol. The van der Waals surface area contributed by atoms with Crippen molar-refractivity contribution in [3.63, 3.8) is 0 Å². The minimum Gasteiger partial charge on any atom is -0.345 e. The van der Waals surface area contributed by atoms with Gasteiger partial charge in [0.2, 0.25) is 5.91 Å². The molecule has 0 saturated heterocycles. The lowest BCUT2D eigenvalue weighted by Crippen LogP contribution is -2.31. The van der Waals surface area contributed by atoms with Crippen molar-refractivity contribution in [2.24, 2.45) is 0 Å². The predicted molar refractivity (Wildman–Crippen MR) is 135 cm³/mol. The molecular formula is C28H28N4O3. The van der Waals surface area contributed by atoms with Crippen LogP contribution in [0.2, 0.25) is 0 Å². The number of nitrogens with one attached hydrogen (secondary N) is 2. The molecule has 1 aromatic heterocycles. The second kappa shape index (κ2) is 10.8. The Morgan fingerprint density at radius 2 is 1.60 bits per heavy atom. The standard InChI is InChI=1S/C28H28N4O3/c1-18(2)26-31-28(35-32-26)22-16-10-11-19(3)25(22)30-24(33)17-23(20-12-6-4-7-13-20)29-27(34)21-14-8-5-9-15-21/h4-16,18,23H,17H2,1-3H3,(H,29,34)(H,30,33). The molecule has 2 N–H and O–H groups in total. The third-order valence-electron chi connectivity index (χ3n) is 5.66. The van der Waals surface area contributed by atoms with Crippen LogP contribution in [-0.2, 0) is 4.79 Å². The fourth-order valence-electron chi connectivity index (χ4n) is 3.74. The highest BCUT2D eigenvalue weighted by molar-refractivity contribution is 5.97. The van der Waals surface area contributed by atoms with Crippen molar-refractivity contribution in [3.05, 3.63) is 101 Å². The number of hydrogen-bond donors (Lipinski definition) is 2. The number of aromatic nitrogens is 2. The van der Waals surface area contributed by atoms with Crippen LogP contribution >= 0.6 is 0 Å². The Morgan fingerprint density at radius 3 is 2.26 bits per heavy atom. The Bertz CT molecular complexity index is 1300. The minimum atomic E-state index is -0.507. The van der Waals surface area contributed by atoms with E-state index in [4.69, 9.17) is 4.52 Å². The average Bonchev–Trinajstić information content (AvgIpc) is 3.36. The summed E-state index contributed by atoms with van der Waals surface area (Å²) in [6.45, 7) is 5.88. The van der Waals surface area contributed by atoms with E-state index < -0.39 is 6.04 Å². The fraction of sp³-hybridized carbons (Fsp3) is 0.214. The molecule has 1 heterocycles. The molecule has 2 amide bonds. The first kappa shape index (κ1) is 23.9.